The Bertz CT molecular complexity index is 1230. The molecule has 1 aliphatic carbocycles. The summed E-state index contributed by atoms with van der Waals surface area (Å²) in [5, 5.41) is 5.56. The third kappa shape index (κ3) is 3.52. The Hall–Kier alpha value is -3.66. The minimum Gasteiger partial charge on any atom is -0.465 e. The Morgan fingerprint density at radius 3 is 2.57 bits per heavy atom. The first-order chi connectivity index (χ1) is 14.7. The van der Waals surface area contributed by atoms with Crippen LogP contribution in [0.3, 0.4) is 0 Å². The van der Waals surface area contributed by atoms with Crippen molar-refractivity contribution in [1.29, 1.82) is 0 Å². The molecule has 1 fully saturated rings. The van der Waals surface area contributed by atoms with Crippen LogP contribution in [-0.2, 0) is 4.74 Å². The Morgan fingerprint density at radius 1 is 0.967 bits per heavy atom. The lowest BCUT2D eigenvalue weighted by Gasteiger charge is -2.14. The molecular weight excluding hydrogens is 372 g/mol. The maximum atomic E-state index is 12.4. The summed E-state index contributed by atoms with van der Waals surface area (Å²) in [5.74, 6) is 0.661. The number of rotatable bonds is 5. The maximum Gasteiger partial charge on any atom is 0.341 e. The van der Waals surface area contributed by atoms with Gasteiger partial charge in [-0.3, -0.25) is 0 Å². The van der Waals surface area contributed by atoms with Gasteiger partial charge in [-0.15, -0.1) is 0 Å². The van der Waals surface area contributed by atoms with E-state index in [4.69, 9.17) is 4.74 Å². The van der Waals surface area contributed by atoms with Crippen molar-refractivity contribution in [1.82, 2.24) is 4.98 Å². The fourth-order valence-electron chi connectivity index (χ4n) is 3.82. The van der Waals surface area contributed by atoms with Gasteiger partial charge in [-0.1, -0.05) is 54.6 Å². The summed E-state index contributed by atoms with van der Waals surface area (Å²) in [6.07, 6.45) is 4.18. The maximum absolute atomic E-state index is 12.4. The molecule has 1 saturated carbocycles. The summed E-state index contributed by atoms with van der Waals surface area (Å²) in [7, 11) is 1.40. The van der Waals surface area contributed by atoms with Gasteiger partial charge < -0.3 is 10.1 Å². The van der Waals surface area contributed by atoms with E-state index in [2.05, 4.69) is 46.7 Å². The molecular formula is C26H22N2O2. The first-order valence-electron chi connectivity index (χ1n) is 10.2. The highest BCUT2D eigenvalue weighted by Gasteiger charge is 2.26. The lowest BCUT2D eigenvalue weighted by atomic mass is 10.0. The van der Waals surface area contributed by atoms with E-state index in [-0.39, 0.29) is 5.97 Å². The number of hydrogen-bond donors (Lipinski definition) is 1. The molecule has 4 heteroatoms. The average molecular weight is 394 g/mol. The SMILES string of the molecule is COC(=O)c1cc(C2CC2)cnc1Nc1cccc2cc(-c3ccccc3)ccc12. The number of ether oxygens (including phenoxy) is 1. The molecule has 1 aromatic heterocycles. The summed E-state index contributed by atoms with van der Waals surface area (Å²) < 4.78 is 5.00. The molecule has 4 aromatic rings. The minimum absolute atomic E-state index is 0.376. The van der Waals surface area contributed by atoms with Gasteiger partial charge >= 0.3 is 5.97 Å². The minimum atomic E-state index is -0.376. The highest BCUT2D eigenvalue weighted by molar-refractivity contribution is 6.00. The van der Waals surface area contributed by atoms with Gasteiger partial charge in [-0.25, -0.2) is 9.78 Å². The molecule has 0 aliphatic heterocycles. The third-order valence-corrected chi connectivity index (χ3v) is 5.60. The molecule has 5 rings (SSSR count). The van der Waals surface area contributed by atoms with Crippen molar-refractivity contribution in [3.05, 3.63) is 90.1 Å². The monoisotopic (exact) mass is 394 g/mol. The van der Waals surface area contributed by atoms with E-state index < -0.39 is 0 Å². The molecule has 1 heterocycles. The van der Waals surface area contributed by atoms with Crippen molar-refractivity contribution in [3.8, 4) is 11.1 Å². The second-order valence-electron chi connectivity index (χ2n) is 7.66. The van der Waals surface area contributed by atoms with Gasteiger partial charge in [0.15, 0.2) is 0 Å². The molecule has 4 nitrogen and oxygen atoms in total. The first-order valence-corrected chi connectivity index (χ1v) is 10.2. The van der Waals surface area contributed by atoms with E-state index in [1.807, 2.05) is 42.6 Å². The van der Waals surface area contributed by atoms with E-state index >= 15 is 0 Å². The normalized spacial score (nSPS) is 13.2. The zero-order chi connectivity index (χ0) is 20.5. The van der Waals surface area contributed by atoms with E-state index in [0.717, 1.165) is 34.9 Å². The van der Waals surface area contributed by atoms with Crippen molar-refractivity contribution < 1.29 is 9.53 Å². The Labute approximate surface area is 175 Å². The van der Waals surface area contributed by atoms with Crippen LogP contribution in [0.25, 0.3) is 21.9 Å². The number of benzene rings is 3. The van der Waals surface area contributed by atoms with Crippen molar-refractivity contribution in [2.24, 2.45) is 0 Å². The van der Waals surface area contributed by atoms with Gasteiger partial charge in [-0.05, 0) is 59.0 Å². The molecule has 3 aromatic carbocycles. The van der Waals surface area contributed by atoms with Crippen LogP contribution < -0.4 is 5.32 Å². The number of carbonyl (C=O) groups is 1. The molecule has 0 saturated heterocycles. The molecule has 0 bridgehead atoms. The zero-order valence-corrected chi connectivity index (χ0v) is 16.8. The lowest BCUT2D eigenvalue weighted by Crippen LogP contribution is -2.08. The van der Waals surface area contributed by atoms with Crippen LogP contribution in [0.2, 0.25) is 0 Å². The van der Waals surface area contributed by atoms with Crippen LogP contribution in [0.15, 0.2) is 79.0 Å². The van der Waals surface area contributed by atoms with Crippen LogP contribution in [0.4, 0.5) is 11.5 Å². The molecule has 1 aliphatic rings. The zero-order valence-electron chi connectivity index (χ0n) is 16.8. The Kier molecular flexibility index (Phi) is 4.68. The molecule has 0 atom stereocenters. The number of hydrogen-bond acceptors (Lipinski definition) is 4. The topological polar surface area (TPSA) is 51.2 Å². The summed E-state index contributed by atoms with van der Waals surface area (Å²) in [5.41, 5.74) is 4.83. The number of nitrogens with zero attached hydrogens (tertiary/aromatic N) is 1. The van der Waals surface area contributed by atoms with Gasteiger partial charge in [0.05, 0.1) is 7.11 Å². The summed E-state index contributed by atoms with van der Waals surface area (Å²) in [4.78, 5) is 16.9. The fourth-order valence-corrected chi connectivity index (χ4v) is 3.82. The lowest BCUT2D eigenvalue weighted by molar-refractivity contribution is 0.0601. The quantitative estimate of drug-likeness (QED) is 0.403. The molecule has 0 unspecified atom stereocenters. The van der Waals surface area contributed by atoms with Gasteiger partial charge in [0, 0.05) is 17.3 Å². The Morgan fingerprint density at radius 2 is 1.80 bits per heavy atom. The van der Waals surface area contributed by atoms with Crippen LogP contribution >= 0.6 is 0 Å². The van der Waals surface area contributed by atoms with Crippen molar-refractivity contribution in [2.75, 3.05) is 12.4 Å². The predicted octanol–water partition coefficient (Wildman–Crippen LogP) is 6.31. The van der Waals surface area contributed by atoms with Gasteiger partial charge in [0.2, 0.25) is 0 Å². The fraction of sp³-hybridized carbons (Fsp3) is 0.154. The number of methoxy groups -OCH3 is 1. The second-order valence-corrected chi connectivity index (χ2v) is 7.66. The summed E-state index contributed by atoms with van der Waals surface area (Å²) in [6.45, 7) is 0. The molecule has 0 radical (unpaired) electrons. The van der Waals surface area contributed by atoms with Crippen molar-refractivity contribution in [3.63, 3.8) is 0 Å². The second kappa shape index (κ2) is 7.64. The molecule has 1 N–H and O–H groups in total. The van der Waals surface area contributed by atoms with E-state index in [1.165, 1.54) is 18.2 Å². The smallest absolute Gasteiger partial charge is 0.341 e. The van der Waals surface area contributed by atoms with Crippen LogP contribution in [0.1, 0.15) is 34.7 Å². The van der Waals surface area contributed by atoms with Gasteiger partial charge in [0.25, 0.3) is 0 Å². The van der Waals surface area contributed by atoms with Crippen LogP contribution in [0, 0.1) is 0 Å². The molecule has 148 valence electrons. The Balaban J connectivity index is 1.53. The first kappa shape index (κ1) is 18.4. The third-order valence-electron chi connectivity index (χ3n) is 5.60. The van der Waals surface area contributed by atoms with Gasteiger partial charge in [0.1, 0.15) is 11.4 Å². The highest BCUT2D eigenvalue weighted by Crippen LogP contribution is 2.41. The van der Waals surface area contributed by atoms with Crippen molar-refractivity contribution >= 4 is 28.2 Å². The number of carbonyl (C=O) groups excluding carboxylic acids is 1. The largest absolute Gasteiger partial charge is 0.465 e. The average Bonchev–Trinajstić information content (AvgIpc) is 3.65. The highest BCUT2D eigenvalue weighted by atomic mass is 16.5. The van der Waals surface area contributed by atoms with E-state index in [9.17, 15) is 4.79 Å². The number of fused-ring (bicyclic) bond motifs is 1. The number of esters is 1. The number of anilines is 2. The van der Waals surface area contributed by atoms with Gasteiger partial charge in [-0.2, -0.15) is 0 Å². The molecule has 30 heavy (non-hydrogen) atoms. The number of aromatic nitrogens is 1. The number of nitrogens with one attached hydrogen (secondary N) is 1. The van der Waals surface area contributed by atoms with Crippen LogP contribution in [-0.4, -0.2) is 18.1 Å². The van der Waals surface area contributed by atoms with Crippen molar-refractivity contribution in [2.45, 2.75) is 18.8 Å². The van der Waals surface area contributed by atoms with E-state index in [1.54, 1.807) is 0 Å². The summed E-state index contributed by atoms with van der Waals surface area (Å²) in [6, 6.07) is 24.8. The standard InChI is InChI=1S/C26H22N2O2/c1-30-26(29)23-15-21(18-10-11-18)16-27-25(23)28-24-9-5-8-20-14-19(12-13-22(20)24)17-6-3-2-4-7-17/h2-9,12-16,18H,10-11H2,1H3,(H,27,28). The molecule has 0 spiro atoms. The van der Waals surface area contributed by atoms with E-state index in [0.29, 0.717) is 17.3 Å². The predicted molar refractivity (Wildman–Crippen MR) is 120 cm³/mol. The number of pyridine rings is 1. The summed E-state index contributed by atoms with van der Waals surface area (Å²) >= 11 is 0. The molecule has 0 amide bonds. The van der Waals surface area contributed by atoms with Crippen LogP contribution in [0.5, 0.6) is 0 Å².